The number of aliphatic hydroxyl groups excluding tert-OH is 1. The molecular weight excluding hydrogens is 558 g/mol. The lowest BCUT2D eigenvalue weighted by Crippen LogP contribution is -2.59. The predicted molar refractivity (Wildman–Crippen MR) is 158 cm³/mol. The number of nitrogens with zero attached hydrogens (tertiary/aromatic N) is 2. The molecule has 3 aliphatic rings. The van der Waals surface area contributed by atoms with Crippen molar-refractivity contribution >= 4 is 17.8 Å². The van der Waals surface area contributed by atoms with Gasteiger partial charge in [0, 0.05) is 36.5 Å². The maximum atomic E-state index is 14.0. The number of cyclic esters (lactones) is 1. The molecule has 12 atom stereocenters. The summed E-state index contributed by atoms with van der Waals surface area (Å²) in [6.07, 6.45) is -1.53. The number of hydrazine groups is 1. The molecule has 2 saturated heterocycles. The molecule has 0 aromatic rings. The van der Waals surface area contributed by atoms with Crippen LogP contribution in [0.4, 0.5) is 4.79 Å². The van der Waals surface area contributed by atoms with Crippen molar-refractivity contribution in [2.75, 3.05) is 21.2 Å². The Morgan fingerprint density at radius 1 is 1.16 bits per heavy atom. The standard InChI is InChI=1S/C31H53N3O9/c1-12-22-31(8)25(34(32)29(38)43-31)20(6)23(35)18(4)15-30(7,39-11)26(16(2)13-17(3)27(37)41-22)42-28-24(36)21(33(9)10)14-19(5)40-28/h13,16,18-22,24-26,28,36H,12,14-15,32H2,1-11H3/b17-13+/t16-,18+,19+,20-,21-,22+,24+,25+,26+,28-,30+,31+/m0/s1. The van der Waals surface area contributed by atoms with Gasteiger partial charge < -0.3 is 33.7 Å². The monoisotopic (exact) mass is 611 g/mol. The highest BCUT2D eigenvalue weighted by molar-refractivity contribution is 5.88. The Kier molecular flexibility index (Phi) is 11.1. The number of nitrogens with two attached hydrogens (primary N) is 1. The average Bonchev–Trinajstić information content (AvgIpc) is 3.17. The zero-order valence-corrected chi connectivity index (χ0v) is 27.7. The van der Waals surface area contributed by atoms with Crippen LogP contribution in [0.15, 0.2) is 11.6 Å². The lowest BCUT2D eigenvalue weighted by Gasteiger charge is -2.46. The summed E-state index contributed by atoms with van der Waals surface area (Å²) in [5.41, 5.74) is -2.09. The quantitative estimate of drug-likeness (QED) is 0.268. The molecule has 3 rings (SSSR count). The number of hydrogen-bond acceptors (Lipinski definition) is 11. The lowest BCUT2D eigenvalue weighted by molar-refractivity contribution is -0.294. The molecule has 43 heavy (non-hydrogen) atoms. The smallest absolute Gasteiger partial charge is 0.425 e. The first-order valence-electron chi connectivity index (χ1n) is 15.3. The van der Waals surface area contributed by atoms with E-state index in [2.05, 4.69) is 0 Å². The van der Waals surface area contributed by atoms with E-state index in [1.54, 1.807) is 34.0 Å². The van der Waals surface area contributed by atoms with E-state index < -0.39 is 71.7 Å². The van der Waals surface area contributed by atoms with Gasteiger partial charge in [-0.2, -0.15) is 0 Å². The molecule has 0 aromatic heterocycles. The summed E-state index contributed by atoms with van der Waals surface area (Å²) in [5.74, 6) is 3.70. The van der Waals surface area contributed by atoms with Gasteiger partial charge in [-0.15, -0.1) is 0 Å². The second kappa shape index (κ2) is 13.5. The Morgan fingerprint density at radius 3 is 2.35 bits per heavy atom. The summed E-state index contributed by atoms with van der Waals surface area (Å²) in [5, 5.41) is 12.2. The highest BCUT2D eigenvalue weighted by Gasteiger charge is 2.59. The first kappa shape index (κ1) is 35.4. The minimum Gasteiger partial charge on any atom is -0.455 e. The fourth-order valence-electron chi connectivity index (χ4n) is 7.31. The van der Waals surface area contributed by atoms with Crippen LogP contribution in [0.1, 0.15) is 74.7 Å². The van der Waals surface area contributed by atoms with Gasteiger partial charge in [-0.05, 0) is 61.1 Å². The van der Waals surface area contributed by atoms with Crippen molar-refractivity contribution in [3.8, 4) is 0 Å². The van der Waals surface area contributed by atoms with E-state index in [0.29, 0.717) is 18.4 Å². The number of ether oxygens (including phenoxy) is 5. The number of rotatable bonds is 5. The number of methoxy groups -OCH3 is 1. The van der Waals surface area contributed by atoms with Crippen molar-refractivity contribution in [2.24, 2.45) is 23.6 Å². The summed E-state index contributed by atoms with van der Waals surface area (Å²) in [6, 6.07) is -1.07. The summed E-state index contributed by atoms with van der Waals surface area (Å²) < 4.78 is 30.5. The first-order valence-corrected chi connectivity index (χ1v) is 15.3. The zero-order chi connectivity index (χ0) is 32.6. The zero-order valence-electron chi connectivity index (χ0n) is 27.7. The second-order valence-electron chi connectivity index (χ2n) is 13.4. The number of fused-ring (bicyclic) bond motifs is 1. The van der Waals surface area contributed by atoms with Gasteiger partial charge >= 0.3 is 12.1 Å². The van der Waals surface area contributed by atoms with E-state index >= 15 is 0 Å². The number of ketones is 1. The molecule has 3 N–H and O–H groups in total. The predicted octanol–water partition coefficient (Wildman–Crippen LogP) is 2.81. The number of esters is 1. The van der Waals surface area contributed by atoms with Crippen molar-refractivity contribution in [3.63, 3.8) is 0 Å². The molecule has 3 heterocycles. The molecule has 12 heteroatoms. The topological polar surface area (TPSA) is 150 Å². The number of aliphatic hydroxyl groups is 1. The maximum absolute atomic E-state index is 14.0. The second-order valence-corrected chi connectivity index (χ2v) is 13.4. The molecule has 0 saturated carbocycles. The van der Waals surface area contributed by atoms with E-state index in [1.165, 1.54) is 0 Å². The minimum absolute atomic E-state index is 0.153. The van der Waals surface area contributed by atoms with Crippen molar-refractivity contribution in [3.05, 3.63) is 11.6 Å². The van der Waals surface area contributed by atoms with Crippen LogP contribution in [0.2, 0.25) is 0 Å². The molecule has 2 fully saturated rings. The molecular formula is C31H53N3O9. The summed E-state index contributed by atoms with van der Waals surface area (Å²) >= 11 is 0. The maximum Gasteiger partial charge on any atom is 0.425 e. The largest absolute Gasteiger partial charge is 0.455 e. The van der Waals surface area contributed by atoms with E-state index in [4.69, 9.17) is 29.5 Å². The van der Waals surface area contributed by atoms with Gasteiger partial charge in [0.25, 0.3) is 0 Å². The number of Topliss-reactive ketones (excluding diaryl/α,β-unsaturated/α-hetero) is 1. The number of likely N-dealkylation sites (N-methyl/N-ethyl adjacent to an activating group) is 1. The highest BCUT2D eigenvalue weighted by atomic mass is 16.7. The van der Waals surface area contributed by atoms with Crippen molar-refractivity contribution < 1.29 is 43.2 Å². The van der Waals surface area contributed by atoms with E-state index in [-0.39, 0.29) is 24.3 Å². The average molecular weight is 612 g/mol. The fraction of sp³-hybridized carbons (Fsp3) is 0.839. The van der Waals surface area contributed by atoms with Gasteiger partial charge in [0.2, 0.25) is 0 Å². The van der Waals surface area contributed by atoms with Gasteiger partial charge in [0.1, 0.15) is 24.0 Å². The molecule has 0 spiro atoms. The van der Waals surface area contributed by atoms with Gasteiger partial charge in [-0.3, -0.25) is 4.79 Å². The number of carbonyl (C=O) groups is 3. The third-order valence-corrected chi connectivity index (χ3v) is 9.72. The third kappa shape index (κ3) is 6.94. The summed E-state index contributed by atoms with van der Waals surface area (Å²) in [4.78, 5) is 42.1. The van der Waals surface area contributed by atoms with Crippen molar-refractivity contribution in [1.29, 1.82) is 0 Å². The first-order chi connectivity index (χ1) is 19.9. The van der Waals surface area contributed by atoms with Crippen LogP contribution in [0.5, 0.6) is 0 Å². The lowest BCUT2D eigenvalue weighted by atomic mass is 9.74. The molecule has 1 amide bonds. The molecule has 246 valence electrons. The fourth-order valence-corrected chi connectivity index (χ4v) is 7.31. The molecule has 12 nitrogen and oxygen atoms in total. The normalized spacial score (nSPS) is 44.7. The van der Waals surface area contributed by atoms with Gasteiger partial charge in [0.05, 0.1) is 17.8 Å². The molecule has 0 aliphatic carbocycles. The van der Waals surface area contributed by atoms with E-state index in [9.17, 15) is 19.5 Å². The third-order valence-electron chi connectivity index (χ3n) is 9.72. The Labute approximate surface area is 256 Å². The van der Waals surface area contributed by atoms with E-state index in [1.807, 2.05) is 53.6 Å². The molecule has 0 aromatic carbocycles. The van der Waals surface area contributed by atoms with Gasteiger partial charge in [-0.1, -0.05) is 33.8 Å². The molecule has 0 radical (unpaired) electrons. The van der Waals surface area contributed by atoms with Crippen LogP contribution in [0.25, 0.3) is 0 Å². The van der Waals surface area contributed by atoms with Crippen LogP contribution in [-0.2, 0) is 33.3 Å². The van der Waals surface area contributed by atoms with Crippen LogP contribution in [0.3, 0.4) is 0 Å². The van der Waals surface area contributed by atoms with Crippen LogP contribution < -0.4 is 5.84 Å². The van der Waals surface area contributed by atoms with Gasteiger partial charge in [-0.25, -0.2) is 20.4 Å². The van der Waals surface area contributed by atoms with Gasteiger partial charge in [0.15, 0.2) is 11.9 Å². The Bertz CT molecular complexity index is 1070. The molecule has 0 bridgehead atoms. The Balaban J connectivity index is 2.11. The summed E-state index contributed by atoms with van der Waals surface area (Å²) in [7, 11) is 5.35. The van der Waals surface area contributed by atoms with Crippen LogP contribution in [0, 0.1) is 17.8 Å². The molecule has 0 unspecified atom stereocenters. The molecule has 3 aliphatic heterocycles. The van der Waals surface area contributed by atoms with E-state index in [0.717, 1.165) is 5.01 Å². The SMILES string of the molecule is CC[C@H]1OC(=O)/C(C)=C/[C@H](C)[C@@H](O[C@@H]2O[C@H](C)C[C@H](N(C)C)[C@H]2O)[C@](C)(OC)C[C@@H](C)C(=O)[C@H](C)[C@H]2N(N)C(=O)O[C@]12C. The number of carbonyl (C=O) groups excluding carboxylic acids is 3. The van der Waals surface area contributed by atoms with Crippen LogP contribution in [-0.4, -0.2) is 108 Å². The Morgan fingerprint density at radius 2 is 1.79 bits per heavy atom. The van der Waals surface area contributed by atoms with Crippen LogP contribution >= 0.6 is 0 Å². The van der Waals surface area contributed by atoms with Crippen molar-refractivity contribution in [2.45, 2.75) is 129 Å². The Hall–Kier alpha value is -2.09. The number of hydrogen-bond donors (Lipinski definition) is 2. The highest BCUT2D eigenvalue weighted by Crippen LogP contribution is 2.41. The van der Waals surface area contributed by atoms with Crippen molar-refractivity contribution in [1.82, 2.24) is 9.91 Å². The number of amides is 1. The minimum atomic E-state index is -1.36. The summed E-state index contributed by atoms with van der Waals surface area (Å²) in [6.45, 7) is 14.3.